The largest absolute Gasteiger partial charge is 0.344 e. The normalized spacial score (nSPS) is 16.9. The SMILES string of the molecule is O=c1c2ccccc2nc2n1C1=C(CCCC1)C(c1cn(-c3ccccc3)nc1-c1ccccc1)N2. The molecule has 0 fully saturated rings. The number of nitrogens with one attached hydrogen (secondary N) is 1. The van der Waals surface area contributed by atoms with E-state index >= 15 is 0 Å². The molecule has 3 heterocycles. The molecule has 0 amide bonds. The lowest BCUT2D eigenvalue weighted by Crippen LogP contribution is -2.33. The van der Waals surface area contributed by atoms with Crippen LogP contribution in [0.15, 0.2) is 101 Å². The van der Waals surface area contributed by atoms with Gasteiger partial charge in [-0.3, -0.25) is 9.36 Å². The van der Waals surface area contributed by atoms with Crippen molar-refractivity contribution < 1.29 is 0 Å². The van der Waals surface area contributed by atoms with Gasteiger partial charge in [0.1, 0.15) is 0 Å². The Bertz CT molecular complexity index is 1680. The van der Waals surface area contributed by atoms with E-state index in [0.29, 0.717) is 16.9 Å². The van der Waals surface area contributed by atoms with Crippen LogP contribution in [-0.4, -0.2) is 19.3 Å². The van der Waals surface area contributed by atoms with Gasteiger partial charge in [0.05, 0.1) is 28.3 Å². The second-order valence-corrected chi connectivity index (χ2v) is 9.43. The lowest BCUT2D eigenvalue weighted by Gasteiger charge is -2.35. The Kier molecular flexibility index (Phi) is 4.84. The van der Waals surface area contributed by atoms with Crippen LogP contribution in [0.5, 0.6) is 0 Å². The number of aromatic nitrogens is 4. The van der Waals surface area contributed by atoms with Crippen LogP contribution in [0.3, 0.4) is 0 Å². The van der Waals surface area contributed by atoms with Gasteiger partial charge in [-0.2, -0.15) is 5.10 Å². The number of hydrogen-bond donors (Lipinski definition) is 1. The van der Waals surface area contributed by atoms with E-state index in [1.165, 1.54) is 5.57 Å². The molecular formula is C30H25N5O. The summed E-state index contributed by atoms with van der Waals surface area (Å²) in [4.78, 5) is 18.5. The smallest absolute Gasteiger partial charge is 0.267 e. The fourth-order valence-electron chi connectivity index (χ4n) is 5.57. The first-order chi connectivity index (χ1) is 17.8. The molecule has 2 aromatic heterocycles. The topological polar surface area (TPSA) is 64.7 Å². The van der Waals surface area contributed by atoms with Crippen LogP contribution in [-0.2, 0) is 0 Å². The predicted octanol–water partition coefficient (Wildman–Crippen LogP) is 6.20. The molecule has 1 atom stereocenters. The Morgan fingerprint density at radius 2 is 1.56 bits per heavy atom. The number of benzene rings is 3. The van der Waals surface area contributed by atoms with Crippen LogP contribution in [0.1, 0.15) is 37.3 Å². The van der Waals surface area contributed by atoms with Crippen molar-refractivity contribution in [2.24, 2.45) is 0 Å². The van der Waals surface area contributed by atoms with E-state index in [9.17, 15) is 4.79 Å². The minimum absolute atomic E-state index is 0.000728. The minimum atomic E-state index is -0.110. The zero-order valence-electron chi connectivity index (χ0n) is 19.8. The van der Waals surface area contributed by atoms with Crippen LogP contribution in [0.25, 0.3) is 33.5 Å². The van der Waals surface area contributed by atoms with Crippen LogP contribution in [0.4, 0.5) is 5.95 Å². The first-order valence-electron chi connectivity index (χ1n) is 12.5. The molecule has 0 saturated carbocycles. The lowest BCUT2D eigenvalue weighted by molar-refractivity contribution is 0.630. The molecule has 176 valence electrons. The minimum Gasteiger partial charge on any atom is -0.344 e. The highest BCUT2D eigenvalue weighted by atomic mass is 16.1. The third kappa shape index (κ3) is 3.29. The number of anilines is 1. The highest BCUT2D eigenvalue weighted by molar-refractivity contribution is 5.81. The summed E-state index contributed by atoms with van der Waals surface area (Å²) in [6, 6.07) is 28.0. The summed E-state index contributed by atoms with van der Waals surface area (Å²) in [6.45, 7) is 0. The van der Waals surface area contributed by atoms with E-state index in [4.69, 9.17) is 10.1 Å². The number of para-hydroxylation sites is 2. The molecule has 0 spiro atoms. The van der Waals surface area contributed by atoms with Gasteiger partial charge in [-0.15, -0.1) is 0 Å². The summed E-state index contributed by atoms with van der Waals surface area (Å²) in [7, 11) is 0. The first-order valence-corrected chi connectivity index (χ1v) is 12.5. The summed E-state index contributed by atoms with van der Waals surface area (Å²) in [6.07, 6.45) is 6.11. The van der Waals surface area contributed by atoms with E-state index < -0.39 is 0 Å². The molecule has 36 heavy (non-hydrogen) atoms. The summed E-state index contributed by atoms with van der Waals surface area (Å²) < 4.78 is 3.77. The second-order valence-electron chi connectivity index (χ2n) is 9.43. The maximum atomic E-state index is 13.6. The molecule has 1 aliphatic heterocycles. The van der Waals surface area contributed by atoms with Gasteiger partial charge >= 0.3 is 0 Å². The van der Waals surface area contributed by atoms with Crippen LogP contribution < -0.4 is 10.9 Å². The van der Waals surface area contributed by atoms with Crippen molar-refractivity contribution in [1.29, 1.82) is 0 Å². The average molecular weight is 472 g/mol. The highest BCUT2D eigenvalue weighted by Crippen LogP contribution is 2.44. The Balaban J connectivity index is 1.46. The molecule has 0 radical (unpaired) electrons. The van der Waals surface area contributed by atoms with Gasteiger partial charge in [0, 0.05) is 23.0 Å². The van der Waals surface area contributed by atoms with Gasteiger partial charge in [0.25, 0.3) is 5.56 Å². The summed E-state index contributed by atoms with van der Waals surface area (Å²) in [5.74, 6) is 0.607. The van der Waals surface area contributed by atoms with Crippen molar-refractivity contribution in [3.63, 3.8) is 0 Å². The Labute approximate surface area is 208 Å². The third-order valence-corrected chi connectivity index (χ3v) is 7.27. The van der Waals surface area contributed by atoms with Gasteiger partial charge < -0.3 is 5.32 Å². The van der Waals surface area contributed by atoms with Crippen molar-refractivity contribution in [1.82, 2.24) is 19.3 Å². The molecule has 0 saturated heterocycles. The number of nitrogens with zero attached hydrogens (tertiary/aromatic N) is 4. The summed E-state index contributed by atoms with van der Waals surface area (Å²) >= 11 is 0. The van der Waals surface area contributed by atoms with Gasteiger partial charge in [0.15, 0.2) is 0 Å². The lowest BCUT2D eigenvalue weighted by atomic mass is 9.85. The Morgan fingerprint density at radius 1 is 0.833 bits per heavy atom. The quantitative estimate of drug-likeness (QED) is 0.340. The maximum absolute atomic E-state index is 13.6. The van der Waals surface area contributed by atoms with E-state index in [-0.39, 0.29) is 11.6 Å². The fourth-order valence-corrected chi connectivity index (χ4v) is 5.57. The second kappa shape index (κ2) is 8.34. The van der Waals surface area contributed by atoms with E-state index in [1.807, 2.05) is 69.9 Å². The molecule has 1 unspecified atom stereocenters. The zero-order chi connectivity index (χ0) is 24.1. The van der Waals surface area contributed by atoms with Crippen molar-refractivity contribution >= 4 is 22.5 Å². The van der Waals surface area contributed by atoms with Crippen LogP contribution in [0, 0.1) is 0 Å². The van der Waals surface area contributed by atoms with Gasteiger partial charge in [-0.1, -0.05) is 60.7 Å². The van der Waals surface area contributed by atoms with Crippen molar-refractivity contribution in [3.8, 4) is 16.9 Å². The molecule has 7 rings (SSSR count). The molecule has 5 aromatic rings. The van der Waals surface area contributed by atoms with Crippen molar-refractivity contribution in [3.05, 3.63) is 113 Å². The zero-order valence-corrected chi connectivity index (χ0v) is 19.8. The molecule has 2 aliphatic rings. The average Bonchev–Trinajstić information content (AvgIpc) is 3.39. The third-order valence-electron chi connectivity index (χ3n) is 7.27. The first kappa shape index (κ1) is 20.9. The maximum Gasteiger partial charge on any atom is 0.267 e. The van der Waals surface area contributed by atoms with Gasteiger partial charge in [-0.25, -0.2) is 9.67 Å². The molecule has 6 nitrogen and oxygen atoms in total. The molecule has 0 bridgehead atoms. The van der Waals surface area contributed by atoms with Gasteiger partial charge in [-0.05, 0) is 55.5 Å². The Hall–Kier alpha value is -4.45. The van der Waals surface area contributed by atoms with Crippen LogP contribution >= 0.6 is 0 Å². The van der Waals surface area contributed by atoms with Gasteiger partial charge in [0.2, 0.25) is 5.95 Å². The number of allylic oxidation sites excluding steroid dienone is 1. The summed E-state index contributed by atoms with van der Waals surface area (Å²) in [5.41, 5.74) is 7.17. The molecule has 6 heteroatoms. The van der Waals surface area contributed by atoms with Crippen molar-refractivity contribution in [2.75, 3.05) is 5.32 Å². The van der Waals surface area contributed by atoms with E-state index in [2.05, 4.69) is 35.8 Å². The summed E-state index contributed by atoms with van der Waals surface area (Å²) in [5, 5.41) is 9.37. The molecular weight excluding hydrogens is 446 g/mol. The number of fused-ring (bicyclic) bond motifs is 3. The highest BCUT2D eigenvalue weighted by Gasteiger charge is 2.34. The van der Waals surface area contributed by atoms with Crippen LogP contribution in [0.2, 0.25) is 0 Å². The Morgan fingerprint density at radius 3 is 2.39 bits per heavy atom. The molecule has 1 N–H and O–H groups in total. The standard InChI is InChI=1S/C30H25N5O/c36-29-22-15-7-9-17-25(22)31-30-32-28(23-16-8-10-18-26(23)35(29)30)24-19-34(21-13-5-2-6-14-21)33-27(24)20-11-3-1-4-12-20/h1-7,9,11-15,17,19,28H,8,10,16,18H2,(H,31,32). The predicted molar refractivity (Wildman–Crippen MR) is 143 cm³/mol. The monoisotopic (exact) mass is 471 g/mol. The number of hydrogen-bond acceptors (Lipinski definition) is 4. The van der Waals surface area contributed by atoms with Crippen molar-refractivity contribution in [2.45, 2.75) is 31.7 Å². The molecule has 3 aromatic carbocycles. The fraction of sp³-hybridized carbons (Fsp3) is 0.167. The van der Waals surface area contributed by atoms with E-state index in [1.54, 1.807) is 0 Å². The molecule has 1 aliphatic carbocycles. The number of rotatable bonds is 3. The van der Waals surface area contributed by atoms with E-state index in [0.717, 1.165) is 53.9 Å².